The first-order valence-corrected chi connectivity index (χ1v) is 5.52. The van der Waals surface area contributed by atoms with E-state index < -0.39 is 0 Å². The Morgan fingerprint density at radius 2 is 2.29 bits per heavy atom. The highest BCUT2D eigenvalue weighted by Crippen LogP contribution is 2.07. The summed E-state index contributed by atoms with van der Waals surface area (Å²) in [6.07, 6.45) is 6.33. The minimum absolute atomic E-state index is 0.726. The summed E-state index contributed by atoms with van der Waals surface area (Å²) in [6, 6.07) is 0. The first-order valence-electron chi connectivity index (χ1n) is 5.52. The van der Waals surface area contributed by atoms with E-state index >= 15 is 0 Å². The van der Waals surface area contributed by atoms with Crippen molar-refractivity contribution in [2.24, 2.45) is 5.92 Å². The highest BCUT2D eigenvalue weighted by Gasteiger charge is 2.00. The number of hydrogen-bond donors (Lipinski definition) is 1. The predicted molar refractivity (Wildman–Crippen MR) is 60.5 cm³/mol. The zero-order chi connectivity index (χ0) is 10.4. The summed E-state index contributed by atoms with van der Waals surface area (Å²) in [5.41, 5.74) is 1.14. The molecule has 0 amide bonds. The number of anilines is 1. The molecule has 0 aliphatic carbocycles. The third-order valence-corrected chi connectivity index (χ3v) is 2.44. The number of rotatable bonds is 6. The minimum Gasteiger partial charge on any atom is -0.382 e. The summed E-state index contributed by atoms with van der Waals surface area (Å²) < 4.78 is 1.99. The van der Waals surface area contributed by atoms with Gasteiger partial charge in [0.05, 0.1) is 11.9 Å². The van der Waals surface area contributed by atoms with Gasteiger partial charge in [0.25, 0.3) is 0 Å². The quantitative estimate of drug-likeness (QED) is 0.756. The van der Waals surface area contributed by atoms with Gasteiger partial charge in [-0.3, -0.25) is 4.68 Å². The third kappa shape index (κ3) is 3.40. The summed E-state index contributed by atoms with van der Waals surface area (Å²) in [6.45, 7) is 8.67. The number of aryl methyl sites for hydroxylation is 1. The molecule has 1 aromatic rings. The fourth-order valence-electron chi connectivity index (χ4n) is 1.24. The Labute approximate surface area is 86.5 Å². The van der Waals surface area contributed by atoms with Gasteiger partial charge in [0.1, 0.15) is 0 Å². The lowest BCUT2D eigenvalue weighted by Crippen LogP contribution is -2.09. The molecule has 14 heavy (non-hydrogen) atoms. The zero-order valence-electron chi connectivity index (χ0n) is 9.45. The van der Waals surface area contributed by atoms with E-state index in [1.807, 2.05) is 10.9 Å². The van der Waals surface area contributed by atoms with Crippen LogP contribution in [-0.2, 0) is 6.54 Å². The van der Waals surface area contributed by atoms with E-state index in [1.165, 1.54) is 6.42 Å². The van der Waals surface area contributed by atoms with E-state index in [0.717, 1.165) is 31.1 Å². The highest BCUT2D eigenvalue weighted by atomic mass is 15.3. The van der Waals surface area contributed by atoms with Gasteiger partial charge in [-0.1, -0.05) is 27.2 Å². The molecule has 80 valence electrons. The Balaban J connectivity index is 2.35. The van der Waals surface area contributed by atoms with Crippen LogP contribution >= 0.6 is 0 Å². The SMILES string of the molecule is CCCn1cc(NCC(C)CC)cn1. The lowest BCUT2D eigenvalue weighted by Gasteiger charge is -2.08. The van der Waals surface area contributed by atoms with E-state index in [2.05, 4.69) is 37.4 Å². The molecule has 0 aliphatic rings. The van der Waals surface area contributed by atoms with Crippen molar-refractivity contribution < 1.29 is 0 Å². The number of nitrogens with one attached hydrogen (secondary N) is 1. The van der Waals surface area contributed by atoms with Crippen LogP contribution in [0.5, 0.6) is 0 Å². The number of aromatic nitrogens is 2. The van der Waals surface area contributed by atoms with Crippen molar-refractivity contribution in [3.63, 3.8) is 0 Å². The van der Waals surface area contributed by atoms with Gasteiger partial charge >= 0.3 is 0 Å². The molecule has 1 heterocycles. The zero-order valence-corrected chi connectivity index (χ0v) is 9.45. The Bertz CT molecular complexity index is 255. The van der Waals surface area contributed by atoms with Gasteiger partial charge in [0.2, 0.25) is 0 Å². The van der Waals surface area contributed by atoms with Gasteiger partial charge in [-0.25, -0.2) is 0 Å². The van der Waals surface area contributed by atoms with Crippen LogP contribution in [0.4, 0.5) is 5.69 Å². The maximum Gasteiger partial charge on any atom is 0.0726 e. The molecule has 1 unspecified atom stereocenters. The molecule has 0 fully saturated rings. The monoisotopic (exact) mass is 195 g/mol. The number of nitrogens with zero attached hydrogens (tertiary/aromatic N) is 2. The lowest BCUT2D eigenvalue weighted by molar-refractivity contribution is 0.592. The van der Waals surface area contributed by atoms with E-state index in [1.54, 1.807) is 0 Å². The maximum absolute atomic E-state index is 4.26. The summed E-state index contributed by atoms with van der Waals surface area (Å²) in [7, 11) is 0. The number of hydrogen-bond acceptors (Lipinski definition) is 2. The van der Waals surface area contributed by atoms with Crippen LogP contribution in [0.3, 0.4) is 0 Å². The second kappa shape index (κ2) is 5.68. The molecule has 0 radical (unpaired) electrons. The van der Waals surface area contributed by atoms with Crippen LogP contribution in [0.15, 0.2) is 12.4 Å². The van der Waals surface area contributed by atoms with Gasteiger partial charge in [0, 0.05) is 19.3 Å². The molecule has 0 bridgehead atoms. The van der Waals surface area contributed by atoms with Gasteiger partial charge in [-0.05, 0) is 12.3 Å². The van der Waals surface area contributed by atoms with Gasteiger partial charge in [-0.15, -0.1) is 0 Å². The highest BCUT2D eigenvalue weighted by molar-refractivity contribution is 5.37. The molecule has 3 heteroatoms. The van der Waals surface area contributed by atoms with Crippen molar-refractivity contribution >= 4 is 5.69 Å². The lowest BCUT2D eigenvalue weighted by atomic mass is 10.1. The van der Waals surface area contributed by atoms with E-state index in [-0.39, 0.29) is 0 Å². The smallest absolute Gasteiger partial charge is 0.0726 e. The van der Waals surface area contributed by atoms with Gasteiger partial charge in [-0.2, -0.15) is 5.10 Å². The molecule has 1 N–H and O–H groups in total. The van der Waals surface area contributed by atoms with Crippen LogP contribution in [0.1, 0.15) is 33.6 Å². The molecule has 0 aromatic carbocycles. The average molecular weight is 195 g/mol. The van der Waals surface area contributed by atoms with Crippen molar-refractivity contribution in [1.29, 1.82) is 0 Å². The van der Waals surface area contributed by atoms with Gasteiger partial charge in [0.15, 0.2) is 0 Å². The van der Waals surface area contributed by atoms with Crippen molar-refractivity contribution in [3.8, 4) is 0 Å². The van der Waals surface area contributed by atoms with Crippen molar-refractivity contribution in [1.82, 2.24) is 9.78 Å². The van der Waals surface area contributed by atoms with Crippen LogP contribution in [0.25, 0.3) is 0 Å². The van der Waals surface area contributed by atoms with Crippen LogP contribution < -0.4 is 5.32 Å². The van der Waals surface area contributed by atoms with Gasteiger partial charge < -0.3 is 5.32 Å². The van der Waals surface area contributed by atoms with Crippen molar-refractivity contribution in [2.75, 3.05) is 11.9 Å². The normalized spacial score (nSPS) is 12.8. The van der Waals surface area contributed by atoms with E-state index in [0.29, 0.717) is 0 Å². The topological polar surface area (TPSA) is 29.9 Å². The molecular formula is C11H21N3. The summed E-state index contributed by atoms with van der Waals surface area (Å²) in [5.74, 6) is 0.726. The Morgan fingerprint density at radius 3 is 2.93 bits per heavy atom. The molecule has 0 saturated carbocycles. The Kier molecular flexibility index (Phi) is 4.50. The standard InChI is InChI=1S/C11H21N3/c1-4-6-14-9-11(8-13-14)12-7-10(3)5-2/h8-10,12H,4-7H2,1-3H3. The molecule has 0 spiro atoms. The Morgan fingerprint density at radius 1 is 1.50 bits per heavy atom. The van der Waals surface area contributed by atoms with Crippen molar-refractivity contribution in [2.45, 2.75) is 40.2 Å². The first-order chi connectivity index (χ1) is 6.76. The molecule has 0 saturated heterocycles. The molecule has 1 rings (SSSR count). The second-order valence-electron chi connectivity index (χ2n) is 3.89. The second-order valence-corrected chi connectivity index (χ2v) is 3.89. The third-order valence-electron chi connectivity index (χ3n) is 2.44. The first kappa shape index (κ1) is 11.1. The van der Waals surface area contributed by atoms with E-state index in [4.69, 9.17) is 0 Å². The fraction of sp³-hybridized carbons (Fsp3) is 0.727. The average Bonchev–Trinajstić information content (AvgIpc) is 2.63. The minimum atomic E-state index is 0.726. The van der Waals surface area contributed by atoms with Crippen LogP contribution in [0.2, 0.25) is 0 Å². The van der Waals surface area contributed by atoms with Crippen LogP contribution in [-0.4, -0.2) is 16.3 Å². The van der Waals surface area contributed by atoms with Crippen LogP contribution in [0, 0.1) is 5.92 Å². The molecule has 0 aliphatic heterocycles. The summed E-state index contributed by atoms with van der Waals surface area (Å²) >= 11 is 0. The van der Waals surface area contributed by atoms with E-state index in [9.17, 15) is 0 Å². The molecule has 3 nitrogen and oxygen atoms in total. The molecule has 1 aromatic heterocycles. The summed E-state index contributed by atoms with van der Waals surface area (Å²) in [4.78, 5) is 0. The van der Waals surface area contributed by atoms with Crippen molar-refractivity contribution in [3.05, 3.63) is 12.4 Å². The Hall–Kier alpha value is -0.990. The largest absolute Gasteiger partial charge is 0.382 e. The maximum atomic E-state index is 4.26. The fourth-order valence-corrected chi connectivity index (χ4v) is 1.24. The predicted octanol–water partition coefficient (Wildman–Crippen LogP) is 2.75. The molecule has 1 atom stereocenters. The molecular weight excluding hydrogens is 174 g/mol. The summed E-state index contributed by atoms with van der Waals surface area (Å²) in [5, 5.41) is 7.65.